The molecular weight excluding hydrogens is 458 g/mol. The summed E-state index contributed by atoms with van der Waals surface area (Å²) in [6, 6.07) is 9.71. The number of hydrogen-bond donors (Lipinski definition) is 1. The number of aromatic nitrogens is 2. The average molecular weight is 488 g/mol. The molecule has 0 aliphatic heterocycles. The van der Waals surface area contributed by atoms with Crippen molar-refractivity contribution in [1.82, 2.24) is 15.3 Å². The van der Waals surface area contributed by atoms with E-state index in [4.69, 9.17) is 18.9 Å². The quantitative estimate of drug-likeness (QED) is 0.474. The number of methoxy groups -OCH3 is 4. The van der Waals surface area contributed by atoms with Gasteiger partial charge >= 0.3 is 0 Å². The summed E-state index contributed by atoms with van der Waals surface area (Å²) in [5.41, 5.74) is 6.56. The smallest absolute Gasteiger partial charge is 0.224 e. The maximum atomic E-state index is 12.9. The van der Waals surface area contributed by atoms with E-state index in [1.54, 1.807) is 47.0 Å². The Balaban J connectivity index is 1.71. The summed E-state index contributed by atoms with van der Waals surface area (Å²) in [7, 11) is 6.39. The molecular formula is C28H29N3O5. The second-order valence-corrected chi connectivity index (χ2v) is 8.18. The molecule has 1 heterocycles. The second kappa shape index (κ2) is 10.9. The Morgan fingerprint density at radius 3 is 2.31 bits per heavy atom. The topological polar surface area (TPSA) is 91.8 Å². The lowest BCUT2D eigenvalue weighted by Crippen LogP contribution is -2.23. The Morgan fingerprint density at radius 1 is 0.944 bits per heavy atom. The molecule has 36 heavy (non-hydrogen) atoms. The van der Waals surface area contributed by atoms with Crippen molar-refractivity contribution < 1.29 is 23.7 Å². The lowest BCUT2D eigenvalue weighted by Gasteiger charge is -2.13. The number of fused-ring (bicyclic) bond motifs is 1. The van der Waals surface area contributed by atoms with Gasteiger partial charge in [0, 0.05) is 12.4 Å². The second-order valence-electron chi connectivity index (χ2n) is 8.18. The van der Waals surface area contributed by atoms with Crippen LogP contribution < -0.4 is 24.3 Å². The number of ether oxygens (including phenoxy) is 4. The molecule has 1 N–H and O–H groups in total. The van der Waals surface area contributed by atoms with Gasteiger partial charge in [-0.2, -0.15) is 0 Å². The van der Waals surface area contributed by atoms with Crippen molar-refractivity contribution in [2.75, 3.05) is 28.4 Å². The van der Waals surface area contributed by atoms with Crippen LogP contribution in [-0.4, -0.2) is 44.3 Å². The number of nitrogens with one attached hydrogen (secondary N) is 1. The average Bonchev–Trinajstić information content (AvgIpc) is 3.16. The first-order valence-corrected chi connectivity index (χ1v) is 11.4. The number of carbonyl (C=O) groups excluding carboxylic acids is 1. The van der Waals surface area contributed by atoms with Gasteiger partial charge in [0.05, 0.1) is 53.3 Å². The molecule has 0 fully saturated rings. The highest BCUT2D eigenvalue weighted by Gasteiger charge is 2.26. The molecule has 0 saturated heterocycles. The third kappa shape index (κ3) is 5.02. The Kier molecular flexibility index (Phi) is 7.53. The first-order chi connectivity index (χ1) is 17.5. The van der Waals surface area contributed by atoms with Gasteiger partial charge in [0.2, 0.25) is 11.7 Å². The monoisotopic (exact) mass is 487 g/mol. The molecule has 4 rings (SSSR count). The van der Waals surface area contributed by atoms with Crippen molar-refractivity contribution in [2.45, 2.75) is 19.9 Å². The largest absolute Gasteiger partial charge is 0.497 e. The first-order valence-electron chi connectivity index (χ1n) is 11.4. The highest BCUT2D eigenvalue weighted by Crippen LogP contribution is 2.46. The van der Waals surface area contributed by atoms with Crippen molar-refractivity contribution >= 4 is 23.1 Å². The number of rotatable bonds is 9. The third-order valence-electron chi connectivity index (χ3n) is 6.12. The maximum Gasteiger partial charge on any atom is 0.224 e. The summed E-state index contributed by atoms with van der Waals surface area (Å²) in [5.74, 6) is 2.31. The van der Waals surface area contributed by atoms with Crippen molar-refractivity contribution in [1.29, 1.82) is 0 Å². The number of nitrogens with zero attached hydrogens (tertiary/aromatic N) is 2. The third-order valence-corrected chi connectivity index (χ3v) is 6.12. The zero-order valence-corrected chi connectivity index (χ0v) is 21.0. The fourth-order valence-corrected chi connectivity index (χ4v) is 4.30. The Hall–Kier alpha value is -4.33. The van der Waals surface area contributed by atoms with Gasteiger partial charge < -0.3 is 24.3 Å². The Morgan fingerprint density at radius 2 is 1.69 bits per heavy atom. The fraction of sp³-hybridized carbons (Fsp3) is 0.250. The van der Waals surface area contributed by atoms with Crippen molar-refractivity contribution in [2.24, 2.45) is 0 Å². The summed E-state index contributed by atoms with van der Waals surface area (Å²) >= 11 is 0. The van der Waals surface area contributed by atoms with Crippen LogP contribution in [0.2, 0.25) is 0 Å². The first kappa shape index (κ1) is 24.8. The van der Waals surface area contributed by atoms with Crippen LogP contribution in [0, 0.1) is 0 Å². The number of allylic oxidation sites excluding steroid dienone is 2. The van der Waals surface area contributed by atoms with Crippen molar-refractivity contribution in [3.8, 4) is 23.0 Å². The van der Waals surface area contributed by atoms with Crippen LogP contribution in [0.3, 0.4) is 0 Å². The van der Waals surface area contributed by atoms with E-state index in [0.29, 0.717) is 29.5 Å². The van der Waals surface area contributed by atoms with Crippen LogP contribution in [0.25, 0.3) is 17.2 Å². The maximum absolute atomic E-state index is 12.9. The molecule has 1 aliphatic rings. The summed E-state index contributed by atoms with van der Waals surface area (Å²) in [6.07, 6.45) is 7.13. The van der Waals surface area contributed by atoms with Gasteiger partial charge in [-0.05, 0) is 70.7 Å². The normalized spacial score (nSPS) is 13.4. The highest BCUT2D eigenvalue weighted by molar-refractivity contribution is 6.08. The fourth-order valence-electron chi connectivity index (χ4n) is 4.30. The summed E-state index contributed by atoms with van der Waals surface area (Å²) in [6.45, 7) is 2.35. The number of amides is 1. The molecule has 8 nitrogen and oxygen atoms in total. The van der Waals surface area contributed by atoms with Crippen LogP contribution in [0.15, 0.2) is 54.5 Å². The SMILES string of the molecule is COc1ccc2c(c1)C(CC(=O)NCc1cnccn1)=C(C)/C2=C/c1cc(OC)c(OC)c(OC)c1. The minimum absolute atomic E-state index is 0.0993. The molecule has 0 saturated carbocycles. The van der Waals surface area contributed by atoms with E-state index in [1.165, 1.54) is 0 Å². The van der Waals surface area contributed by atoms with E-state index in [9.17, 15) is 4.79 Å². The minimum atomic E-state index is -0.0993. The molecule has 0 spiro atoms. The zero-order chi connectivity index (χ0) is 25.7. The molecule has 2 aromatic carbocycles. The van der Waals surface area contributed by atoms with Crippen molar-refractivity contribution in [3.63, 3.8) is 0 Å². The summed E-state index contributed by atoms with van der Waals surface area (Å²) in [5, 5.41) is 2.94. The van der Waals surface area contributed by atoms with Gasteiger partial charge in [-0.1, -0.05) is 6.07 Å². The lowest BCUT2D eigenvalue weighted by molar-refractivity contribution is -0.120. The van der Waals surface area contributed by atoms with Crippen LogP contribution in [0.1, 0.15) is 35.7 Å². The molecule has 0 radical (unpaired) electrons. The van der Waals surface area contributed by atoms with Gasteiger partial charge in [0.25, 0.3) is 0 Å². The van der Waals surface area contributed by atoms with Gasteiger partial charge in [-0.25, -0.2) is 0 Å². The molecule has 1 aliphatic carbocycles. The van der Waals surface area contributed by atoms with Crippen LogP contribution >= 0.6 is 0 Å². The molecule has 0 bridgehead atoms. The van der Waals surface area contributed by atoms with E-state index in [2.05, 4.69) is 21.4 Å². The summed E-state index contributed by atoms with van der Waals surface area (Å²) in [4.78, 5) is 21.1. The zero-order valence-electron chi connectivity index (χ0n) is 21.0. The van der Waals surface area contributed by atoms with E-state index in [0.717, 1.165) is 39.2 Å². The molecule has 1 amide bonds. The van der Waals surface area contributed by atoms with Crippen molar-refractivity contribution in [3.05, 3.63) is 76.9 Å². The Labute approximate surface area is 210 Å². The van der Waals surface area contributed by atoms with Gasteiger partial charge in [-0.15, -0.1) is 0 Å². The lowest BCUT2D eigenvalue weighted by atomic mass is 10.00. The molecule has 186 valence electrons. The van der Waals surface area contributed by atoms with Gasteiger partial charge in [-0.3, -0.25) is 14.8 Å². The molecule has 1 aromatic heterocycles. The van der Waals surface area contributed by atoms with Gasteiger partial charge in [0.1, 0.15) is 5.75 Å². The minimum Gasteiger partial charge on any atom is -0.497 e. The van der Waals surface area contributed by atoms with Crippen LogP contribution in [-0.2, 0) is 11.3 Å². The van der Waals surface area contributed by atoms with Crippen LogP contribution in [0.4, 0.5) is 0 Å². The molecule has 0 unspecified atom stereocenters. The standard InChI is InChI=1S/C28H29N3O5/c1-17-22(10-18-11-25(34-3)28(36-5)26(12-18)35-4)21-7-6-20(33-2)13-24(21)23(17)14-27(32)31-16-19-15-29-8-9-30-19/h6-13,15H,14,16H2,1-5H3,(H,31,32)/b22-10-. The number of carbonyl (C=O) groups is 1. The number of benzene rings is 2. The van der Waals surface area contributed by atoms with E-state index >= 15 is 0 Å². The highest BCUT2D eigenvalue weighted by atomic mass is 16.5. The Bertz CT molecular complexity index is 1310. The van der Waals surface area contributed by atoms with Crippen LogP contribution in [0.5, 0.6) is 23.0 Å². The molecule has 3 aromatic rings. The van der Waals surface area contributed by atoms with E-state index < -0.39 is 0 Å². The van der Waals surface area contributed by atoms with E-state index in [-0.39, 0.29) is 12.3 Å². The van der Waals surface area contributed by atoms with E-state index in [1.807, 2.05) is 37.3 Å². The predicted molar refractivity (Wildman–Crippen MR) is 138 cm³/mol. The van der Waals surface area contributed by atoms with Gasteiger partial charge in [0.15, 0.2) is 11.5 Å². The number of hydrogen-bond acceptors (Lipinski definition) is 7. The summed E-state index contributed by atoms with van der Waals surface area (Å²) < 4.78 is 22.0. The molecule has 8 heteroatoms. The molecule has 0 atom stereocenters. The predicted octanol–water partition coefficient (Wildman–Crippen LogP) is 4.55.